The van der Waals surface area contributed by atoms with E-state index in [1.807, 2.05) is 6.07 Å². The van der Waals surface area contributed by atoms with Gasteiger partial charge in [-0.3, -0.25) is 14.5 Å². The number of hydrogen-bond acceptors (Lipinski definition) is 5. The number of anilines is 1. The monoisotopic (exact) mass is 370 g/mol. The highest BCUT2D eigenvalue weighted by Gasteiger charge is 2.32. The molecule has 1 unspecified atom stereocenters. The second-order valence-corrected chi connectivity index (χ2v) is 6.03. The lowest BCUT2D eigenvalue weighted by molar-refractivity contribution is -0.128. The van der Waals surface area contributed by atoms with E-state index < -0.39 is 6.10 Å². The molecule has 1 N–H and O–H groups in total. The molecule has 142 valence electrons. The van der Waals surface area contributed by atoms with Crippen LogP contribution in [0.5, 0.6) is 17.2 Å². The first-order chi connectivity index (χ1) is 13.1. The van der Waals surface area contributed by atoms with E-state index in [4.69, 9.17) is 14.2 Å². The van der Waals surface area contributed by atoms with Crippen LogP contribution in [0.25, 0.3) is 0 Å². The van der Waals surface area contributed by atoms with Crippen molar-refractivity contribution >= 4 is 17.5 Å². The van der Waals surface area contributed by atoms with Crippen LogP contribution in [0.4, 0.5) is 5.69 Å². The molecule has 0 saturated carbocycles. The number of carbonyl (C=O) groups excluding carboxylic acids is 2. The number of methoxy groups -OCH3 is 1. The van der Waals surface area contributed by atoms with E-state index in [-0.39, 0.29) is 18.4 Å². The maximum absolute atomic E-state index is 12.4. The number of amides is 2. The molecular weight excluding hydrogens is 348 g/mol. The van der Waals surface area contributed by atoms with Gasteiger partial charge in [0, 0.05) is 0 Å². The predicted octanol–water partition coefficient (Wildman–Crippen LogP) is 2.00. The largest absolute Gasteiger partial charge is 0.497 e. The van der Waals surface area contributed by atoms with Gasteiger partial charge >= 0.3 is 0 Å². The van der Waals surface area contributed by atoms with Gasteiger partial charge in [0.05, 0.1) is 19.3 Å². The Bertz CT molecular complexity index is 806. The topological polar surface area (TPSA) is 77.1 Å². The van der Waals surface area contributed by atoms with Crippen molar-refractivity contribution in [2.45, 2.75) is 13.0 Å². The number of ether oxygens (including phenoxy) is 3. The van der Waals surface area contributed by atoms with Gasteiger partial charge in [0.15, 0.2) is 6.10 Å². The van der Waals surface area contributed by atoms with Gasteiger partial charge in [-0.2, -0.15) is 0 Å². The Morgan fingerprint density at radius 3 is 2.59 bits per heavy atom. The fourth-order valence-electron chi connectivity index (χ4n) is 2.75. The average Bonchev–Trinajstić information content (AvgIpc) is 2.69. The molecule has 7 nitrogen and oxygen atoms in total. The van der Waals surface area contributed by atoms with Crippen molar-refractivity contribution in [3.8, 4) is 17.2 Å². The Hall–Kier alpha value is -3.22. The molecule has 1 heterocycles. The second-order valence-electron chi connectivity index (χ2n) is 6.03. The first kappa shape index (κ1) is 18.6. The van der Waals surface area contributed by atoms with Crippen LogP contribution in [0, 0.1) is 0 Å². The summed E-state index contributed by atoms with van der Waals surface area (Å²) in [6, 6.07) is 14.4. The molecule has 1 aliphatic heterocycles. The number of nitrogens with zero attached hydrogens (tertiary/aromatic N) is 1. The number of rotatable bonds is 7. The zero-order valence-electron chi connectivity index (χ0n) is 15.3. The third-order valence-corrected chi connectivity index (χ3v) is 4.13. The molecule has 1 aliphatic rings. The number of fused-ring (bicyclic) bond motifs is 1. The molecule has 0 spiro atoms. The Morgan fingerprint density at radius 1 is 1.15 bits per heavy atom. The summed E-state index contributed by atoms with van der Waals surface area (Å²) < 4.78 is 16.2. The minimum Gasteiger partial charge on any atom is -0.497 e. The minimum atomic E-state index is -0.619. The Balaban J connectivity index is 1.49. The van der Waals surface area contributed by atoms with Gasteiger partial charge in [-0.05, 0) is 43.3 Å². The summed E-state index contributed by atoms with van der Waals surface area (Å²) >= 11 is 0. The summed E-state index contributed by atoms with van der Waals surface area (Å²) in [6.45, 7) is 2.26. The van der Waals surface area contributed by atoms with Crippen LogP contribution in [0.1, 0.15) is 6.92 Å². The second kappa shape index (κ2) is 8.44. The normalized spacial score (nSPS) is 15.6. The summed E-state index contributed by atoms with van der Waals surface area (Å²) in [7, 11) is 1.60. The number of para-hydroxylation sites is 2. The maximum Gasteiger partial charge on any atom is 0.268 e. The molecule has 1 atom stereocenters. The SMILES string of the molecule is COc1ccc(OCCNC(=O)CN2C(=O)C(C)Oc3ccccc32)cc1. The zero-order chi connectivity index (χ0) is 19.2. The van der Waals surface area contributed by atoms with Crippen molar-refractivity contribution < 1.29 is 23.8 Å². The first-order valence-corrected chi connectivity index (χ1v) is 8.69. The highest BCUT2D eigenvalue weighted by atomic mass is 16.5. The molecule has 2 amide bonds. The Labute approximate surface area is 157 Å². The molecule has 2 aromatic rings. The minimum absolute atomic E-state index is 0.0634. The lowest BCUT2D eigenvalue weighted by Gasteiger charge is -2.32. The lowest BCUT2D eigenvalue weighted by Crippen LogP contribution is -2.49. The van der Waals surface area contributed by atoms with Crippen molar-refractivity contribution in [3.63, 3.8) is 0 Å². The third-order valence-electron chi connectivity index (χ3n) is 4.13. The first-order valence-electron chi connectivity index (χ1n) is 8.69. The number of carbonyl (C=O) groups is 2. The van der Waals surface area contributed by atoms with Gasteiger partial charge in [0.25, 0.3) is 5.91 Å². The van der Waals surface area contributed by atoms with E-state index in [2.05, 4.69) is 5.32 Å². The molecule has 2 aromatic carbocycles. The quantitative estimate of drug-likeness (QED) is 0.755. The Kier molecular flexibility index (Phi) is 5.80. The predicted molar refractivity (Wildman–Crippen MR) is 100 cm³/mol. The summed E-state index contributed by atoms with van der Waals surface area (Å²) in [6.07, 6.45) is -0.619. The summed E-state index contributed by atoms with van der Waals surface area (Å²) in [5, 5.41) is 2.77. The zero-order valence-corrected chi connectivity index (χ0v) is 15.3. The Morgan fingerprint density at radius 2 is 1.85 bits per heavy atom. The number of nitrogens with one attached hydrogen (secondary N) is 1. The van der Waals surface area contributed by atoms with Gasteiger partial charge < -0.3 is 19.5 Å². The van der Waals surface area contributed by atoms with E-state index in [1.54, 1.807) is 56.5 Å². The van der Waals surface area contributed by atoms with Crippen LogP contribution < -0.4 is 24.4 Å². The van der Waals surface area contributed by atoms with Gasteiger partial charge in [-0.15, -0.1) is 0 Å². The van der Waals surface area contributed by atoms with Crippen molar-refractivity contribution in [2.75, 3.05) is 31.7 Å². The molecule has 0 aliphatic carbocycles. The number of hydrogen-bond donors (Lipinski definition) is 1. The standard InChI is InChI=1S/C20H22N2O5/c1-14-20(24)22(17-5-3-4-6-18(17)27-14)13-19(23)21-11-12-26-16-9-7-15(25-2)8-10-16/h3-10,14H,11-13H2,1-2H3,(H,21,23). The molecule has 0 saturated heterocycles. The molecule has 27 heavy (non-hydrogen) atoms. The van der Waals surface area contributed by atoms with E-state index >= 15 is 0 Å². The van der Waals surface area contributed by atoms with Crippen LogP contribution in [0.2, 0.25) is 0 Å². The molecule has 0 radical (unpaired) electrons. The van der Waals surface area contributed by atoms with Gasteiger partial charge in [-0.25, -0.2) is 0 Å². The van der Waals surface area contributed by atoms with Gasteiger partial charge in [0.1, 0.15) is 30.4 Å². The van der Waals surface area contributed by atoms with Crippen LogP contribution in [-0.2, 0) is 9.59 Å². The summed E-state index contributed by atoms with van der Waals surface area (Å²) in [5.74, 6) is 1.54. The smallest absolute Gasteiger partial charge is 0.268 e. The van der Waals surface area contributed by atoms with E-state index in [0.717, 1.165) is 5.75 Å². The third kappa shape index (κ3) is 4.49. The van der Waals surface area contributed by atoms with Crippen LogP contribution in [0.15, 0.2) is 48.5 Å². The molecule has 0 aromatic heterocycles. The van der Waals surface area contributed by atoms with Crippen molar-refractivity contribution in [3.05, 3.63) is 48.5 Å². The van der Waals surface area contributed by atoms with Gasteiger partial charge in [-0.1, -0.05) is 12.1 Å². The highest BCUT2D eigenvalue weighted by Crippen LogP contribution is 2.33. The van der Waals surface area contributed by atoms with Crippen molar-refractivity contribution in [1.29, 1.82) is 0 Å². The molecule has 3 rings (SSSR count). The van der Waals surface area contributed by atoms with Crippen molar-refractivity contribution in [2.24, 2.45) is 0 Å². The van der Waals surface area contributed by atoms with E-state index in [1.165, 1.54) is 4.90 Å². The van der Waals surface area contributed by atoms with E-state index in [0.29, 0.717) is 30.3 Å². The average molecular weight is 370 g/mol. The fourth-order valence-corrected chi connectivity index (χ4v) is 2.75. The van der Waals surface area contributed by atoms with Gasteiger partial charge in [0.2, 0.25) is 5.91 Å². The lowest BCUT2D eigenvalue weighted by atomic mass is 10.2. The highest BCUT2D eigenvalue weighted by molar-refractivity contribution is 6.03. The molecular formula is C20H22N2O5. The summed E-state index contributed by atoms with van der Waals surface area (Å²) in [4.78, 5) is 26.1. The summed E-state index contributed by atoms with van der Waals surface area (Å²) in [5.41, 5.74) is 0.602. The van der Waals surface area contributed by atoms with Crippen LogP contribution in [-0.4, -0.2) is 44.7 Å². The molecule has 0 fully saturated rings. The van der Waals surface area contributed by atoms with E-state index in [9.17, 15) is 9.59 Å². The molecule has 0 bridgehead atoms. The van der Waals surface area contributed by atoms with Crippen LogP contribution >= 0.6 is 0 Å². The molecule has 7 heteroatoms. The van der Waals surface area contributed by atoms with Crippen LogP contribution in [0.3, 0.4) is 0 Å². The maximum atomic E-state index is 12.4. The number of benzene rings is 2. The van der Waals surface area contributed by atoms with Crippen molar-refractivity contribution in [1.82, 2.24) is 5.32 Å². The fraction of sp³-hybridized carbons (Fsp3) is 0.300.